The molecule has 130 valence electrons. The monoisotopic (exact) mass is 346 g/mol. The Kier molecular flexibility index (Phi) is 3.60. The van der Waals surface area contributed by atoms with Crippen molar-refractivity contribution in [3.8, 4) is 17.2 Å². The van der Waals surface area contributed by atoms with E-state index in [1.54, 1.807) is 23.0 Å². The summed E-state index contributed by atoms with van der Waals surface area (Å²) in [4.78, 5) is 8.59. The Labute approximate surface area is 142 Å². The lowest BCUT2D eigenvalue weighted by Gasteiger charge is -2.04. The van der Waals surface area contributed by atoms with Gasteiger partial charge in [0.25, 0.3) is 5.92 Å². The van der Waals surface area contributed by atoms with Gasteiger partial charge in [0.05, 0.1) is 18.3 Å². The molecule has 3 aromatic heterocycles. The smallest absolute Gasteiger partial charge is 0.262 e. The third-order valence-electron chi connectivity index (χ3n) is 4.08. The van der Waals surface area contributed by atoms with Crippen LogP contribution in [-0.2, 0) is 0 Å². The number of aryl methyl sites for hydroxylation is 2. The number of nitrogens with one attached hydrogen (secondary N) is 1. The Hall–Kier alpha value is -2.68. The maximum absolute atomic E-state index is 13.3. The molecule has 0 aliphatic carbocycles. The fourth-order valence-corrected chi connectivity index (χ4v) is 2.89. The van der Waals surface area contributed by atoms with Crippen molar-refractivity contribution >= 4 is 0 Å². The molecule has 1 atom stereocenters. The Morgan fingerprint density at radius 1 is 1.32 bits per heavy atom. The van der Waals surface area contributed by atoms with E-state index in [1.807, 2.05) is 19.9 Å². The van der Waals surface area contributed by atoms with Crippen molar-refractivity contribution in [3.05, 3.63) is 41.7 Å². The number of halogens is 2. The predicted octanol–water partition coefficient (Wildman–Crippen LogP) is 2.60. The maximum Gasteiger partial charge on any atom is 0.262 e. The van der Waals surface area contributed by atoms with E-state index in [1.165, 1.54) is 0 Å². The van der Waals surface area contributed by atoms with Gasteiger partial charge >= 0.3 is 0 Å². The molecule has 1 saturated heterocycles. The number of rotatable bonds is 3. The molecule has 1 N–H and O–H groups in total. The molecule has 1 fully saturated rings. The van der Waals surface area contributed by atoms with Gasteiger partial charge in [0, 0.05) is 23.9 Å². The molecule has 0 amide bonds. The number of hydrogen-bond donors (Lipinski definition) is 1. The van der Waals surface area contributed by atoms with Crippen molar-refractivity contribution in [3.63, 3.8) is 0 Å². The first kappa shape index (κ1) is 15.8. The Morgan fingerprint density at radius 3 is 2.76 bits per heavy atom. The van der Waals surface area contributed by atoms with Crippen LogP contribution in [-0.4, -0.2) is 37.4 Å². The minimum atomic E-state index is -2.75. The van der Waals surface area contributed by atoms with Gasteiger partial charge in [-0.25, -0.2) is 18.4 Å². The van der Waals surface area contributed by atoms with Gasteiger partial charge in [-0.1, -0.05) is 5.16 Å². The molecule has 0 spiro atoms. The third-order valence-corrected chi connectivity index (χ3v) is 4.08. The Balaban J connectivity index is 1.56. The van der Waals surface area contributed by atoms with Gasteiger partial charge in [0.2, 0.25) is 11.7 Å². The second-order valence-corrected chi connectivity index (χ2v) is 6.19. The van der Waals surface area contributed by atoms with Crippen molar-refractivity contribution in [2.75, 3.05) is 6.54 Å². The van der Waals surface area contributed by atoms with Gasteiger partial charge < -0.3 is 4.52 Å². The van der Waals surface area contributed by atoms with Crippen molar-refractivity contribution in [2.24, 2.45) is 0 Å². The first-order chi connectivity index (χ1) is 11.9. The van der Waals surface area contributed by atoms with E-state index >= 15 is 0 Å². The highest BCUT2D eigenvalue weighted by atomic mass is 19.3. The minimum absolute atomic E-state index is 0.162. The lowest BCUT2D eigenvalue weighted by atomic mass is 10.2. The van der Waals surface area contributed by atoms with E-state index in [4.69, 9.17) is 4.52 Å². The first-order valence-electron chi connectivity index (χ1n) is 7.86. The van der Waals surface area contributed by atoms with Crippen molar-refractivity contribution in [1.82, 2.24) is 30.2 Å². The van der Waals surface area contributed by atoms with Crippen LogP contribution in [0.5, 0.6) is 0 Å². The second-order valence-electron chi connectivity index (χ2n) is 6.19. The van der Waals surface area contributed by atoms with Crippen LogP contribution in [0.15, 0.2) is 28.9 Å². The summed E-state index contributed by atoms with van der Waals surface area (Å²) in [5.74, 6) is -1.59. The zero-order valence-electron chi connectivity index (χ0n) is 13.7. The lowest BCUT2D eigenvalue weighted by molar-refractivity contribution is 0.0200. The zero-order chi connectivity index (χ0) is 17.6. The van der Waals surface area contributed by atoms with Crippen LogP contribution in [0, 0.1) is 13.8 Å². The molecular formula is C16H16F2N6O. The van der Waals surface area contributed by atoms with E-state index in [0.717, 1.165) is 11.4 Å². The molecule has 4 heterocycles. The van der Waals surface area contributed by atoms with Gasteiger partial charge in [0.1, 0.15) is 0 Å². The molecule has 0 bridgehead atoms. The van der Waals surface area contributed by atoms with Gasteiger partial charge in [-0.3, -0.25) is 5.32 Å². The summed E-state index contributed by atoms with van der Waals surface area (Å²) in [6.45, 7) is 3.49. The summed E-state index contributed by atoms with van der Waals surface area (Å²) in [5.41, 5.74) is 2.53. The standard InChI is InChI=1S/C16H16F2N6O/c1-9-5-10(2)24(22-9)13-4-3-11(7-19-13)14-21-15(25-23-14)12-6-16(17,18)8-20-12/h3-5,7,12,20H,6,8H2,1-2H3. The molecule has 1 aliphatic rings. The first-order valence-corrected chi connectivity index (χ1v) is 7.86. The fourth-order valence-electron chi connectivity index (χ4n) is 2.89. The highest BCUT2D eigenvalue weighted by Gasteiger charge is 2.42. The van der Waals surface area contributed by atoms with E-state index < -0.39 is 12.0 Å². The molecule has 9 heteroatoms. The van der Waals surface area contributed by atoms with E-state index in [-0.39, 0.29) is 18.9 Å². The third kappa shape index (κ3) is 3.02. The quantitative estimate of drug-likeness (QED) is 0.785. The molecule has 1 unspecified atom stereocenters. The minimum Gasteiger partial charge on any atom is -0.337 e. The zero-order valence-corrected chi connectivity index (χ0v) is 13.7. The van der Waals surface area contributed by atoms with Gasteiger partial charge in [0.15, 0.2) is 5.82 Å². The van der Waals surface area contributed by atoms with Crippen LogP contribution in [0.1, 0.15) is 29.7 Å². The number of aromatic nitrogens is 5. The van der Waals surface area contributed by atoms with E-state index in [9.17, 15) is 8.78 Å². The Morgan fingerprint density at radius 2 is 2.16 bits per heavy atom. The fraction of sp³-hybridized carbons (Fsp3) is 0.375. The van der Waals surface area contributed by atoms with Crippen LogP contribution in [0.4, 0.5) is 8.78 Å². The SMILES string of the molecule is Cc1cc(C)n(-c2ccc(-c3noc(C4CC(F)(F)CN4)n3)cn2)n1. The number of nitrogens with zero attached hydrogens (tertiary/aromatic N) is 5. The lowest BCUT2D eigenvalue weighted by Crippen LogP contribution is -2.19. The van der Waals surface area contributed by atoms with E-state index in [0.29, 0.717) is 17.2 Å². The average Bonchev–Trinajstić information content (AvgIpc) is 3.26. The van der Waals surface area contributed by atoms with Crippen molar-refractivity contribution in [2.45, 2.75) is 32.2 Å². The highest BCUT2D eigenvalue weighted by Crippen LogP contribution is 2.33. The highest BCUT2D eigenvalue weighted by molar-refractivity contribution is 5.53. The van der Waals surface area contributed by atoms with Gasteiger partial charge in [-0.2, -0.15) is 10.1 Å². The summed E-state index contributed by atoms with van der Waals surface area (Å²) in [6, 6.07) is 4.93. The average molecular weight is 346 g/mol. The van der Waals surface area contributed by atoms with Crippen molar-refractivity contribution < 1.29 is 13.3 Å². The van der Waals surface area contributed by atoms with Gasteiger partial charge in [-0.15, -0.1) is 0 Å². The summed E-state index contributed by atoms with van der Waals surface area (Å²) in [5, 5.41) is 10.9. The van der Waals surface area contributed by atoms with Crippen LogP contribution >= 0.6 is 0 Å². The van der Waals surface area contributed by atoms with Crippen LogP contribution in [0.3, 0.4) is 0 Å². The molecule has 0 radical (unpaired) electrons. The normalized spacial score (nSPS) is 19.4. The Bertz CT molecular complexity index is 902. The molecule has 4 rings (SSSR count). The summed E-state index contributed by atoms with van der Waals surface area (Å²) in [7, 11) is 0. The topological polar surface area (TPSA) is 81.7 Å². The predicted molar refractivity (Wildman–Crippen MR) is 84.4 cm³/mol. The number of alkyl halides is 2. The number of hydrogen-bond acceptors (Lipinski definition) is 6. The molecule has 3 aromatic rings. The molecule has 25 heavy (non-hydrogen) atoms. The van der Waals surface area contributed by atoms with Crippen LogP contribution < -0.4 is 5.32 Å². The number of pyridine rings is 1. The molecule has 7 nitrogen and oxygen atoms in total. The molecule has 0 saturated carbocycles. The summed E-state index contributed by atoms with van der Waals surface area (Å²) < 4.78 is 33.4. The summed E-state index contributed by atoms with van der Waals surface area (Å²) in [6.07, 6.45) is 1.26. The molecular weight excluding hydrogens is 330 g/mol. The largest absolute Gasteiger partial charge is 0.337 e. The van der Waals surface area contributed by atoms with Crippen LogP contribution in [0.25, 0.3) is 17.2 Å². The van der Waals surface area contributed by atoms with E-state index in [2.05, 4.69) is 25.5 Å². The van der Waals surface area contributed by atoms with Crippen molar-refractivity contribution in [1.29, 1.82) is 0 Å². The maximum atomic E-state index is 13.3. The van der Waals surface area contributed by atoms with Crippen LogP contribution in [0.2, 0.25) is 0 Å². The van der Waals surface area contributed by atoms with Gasteiger partial charge in [-0.05, 0) is 32.0 Å². The summed E-state index contributed by atoms with van der Waals surface area (Å²) >= 11 is 0. The molecule has 0 aromatic carbocycles. The molecule has 1 aliphatic heterocycles. The second kappa shape index (κ2) is 5.69.